The Bertz CT molecular complexity index is 1020. The fourth-order valence-corrected chi connectivity index (χ4v) is 3.30. The summed E-state index contributed by atoms with van der Waals surface area (Å²) in [6.45, 7) is 1.26. The van der Waals surface area contributed by atoms with Gasteiger partial charge in [0.25, 0.3) is 0 Å². The highest BCUT2D eigenvalue weighted by Gasteiger charge is 2.04. The first-order valence-electron chi connectivity index (χ1n) is 8.61. The van der Waals surface area contributed by atoms with Crippen molar-refractivity contribution < 1.29 is 4.74 Å². The average Bonchev–Trinajstić information content (AvgIpc) is 3.21. The third kappa shape index (κ3) is 4.32. The molecular formula is C20H19N5OS. The molecule has 0 atom stereocenters. The van der Waals surface area contributed by atoms with Gasteiger partial charge < -0.3 is 15.8 Å². The molecule has 0 aliphatic heterocycles. The normalized spacial score (nSPS) is 10.8. The fraction of sp³-hybridized carbons (Fsp3) is 0.150. The molecule has 0 amide bonds. The molecule has 2 heterocycles. The smallest absolute Gasteiger partial charge is 0.137 e. The lowest BCUT2D eigenvalue weighted by Crippen LogP contribution is -2.07. The van der Waals surface area contributed by atoms with E-state index in [-0.39, 0.29) is 0 Å². The first-order valence-corrected chi connectivity index (χ1v) is 9.55. The van der Waals surface area contributed by atoms with Crippen LogP contribution in [0.15, 0.2) is 59.7 Å². The standard InChI is InChI=1S/C20H19N5OS/c21-15-3-6-19-18(9-15)20(24-12-23-19)22-8-7-14-1-4-17(5-2-14)26-10-16-11-27-13-25-16/h1-6,9,11-13H,7-8,10,21H2,(H,22,23,24). The van der Waals surface area contributed by atoms with Gasteiger partial charge in [-0.3, -0.25) is 0 Å². The second-order valence-electron chi connectivity index (χ2n) is 6.09. The largest absolute Gasteiger partial charge is 0.487 e. The van der Waals surface area contributed by atoms with Gasteiger partial charge in [-0.05, 0) is 42.3 Å². The van der Waals surface area contributed by atoms with E-state index in [1.165, 1.54) is 5.56 Å². The zero-order valence-corrected chi connectivity index (χ0v) is 15.4. The molecular weight excluding hydrogens is 358 g/mol. The van der Waals surface area contributed by atoms with Crippen LogP contribution in [-0.4, -0.2) is 21.5 Å². The zero-order valence-electron chi connectivity index (χ0n) is 14.6. The van der Waals surface area contributed by atoms with E-state index in [4.69, 9.17) is 10.5 Å². The van der Waals surface area contributed by atoms with Gasteiger partial charge in [0.2, 0.25) is 0 Å². The topological polar surface area (TPSA) is 86.0 Å². The number of nitrogens with one attached hydrogen (secondary N) is 1. The molecule has 136 valence electrons. The van der Waals surface area contributed by atoms with Crippen LogP contribution in [0, 0.1) is 0 Å². The molecule has 7 heteroatoms. The molecule has 0 saturated carbocycles. The number of benzene rings is 2. The maximum atomic E-state index is 5.88. The molecule has 0 bridgehead atoms. The molecule has 6 nitrogen and oxygen atoms in total. The minimum absolute atomic E-state index is 0.494. The SMILES string of the molecule is Nc1ccc2ncnc(NCCc3ccc(OCc4cscn4)cc3)c2c1. The van der Waals surface area contributed by atoms with Gasteiger partial charge in [0.15, 0.2) is 0 Å². The van der Waals surface area contributed by atoms with Crippen molar-refractivity contribution in [3.63, 3.8) is 0 Å². The molecule has 0 spiro atoms. The molecule has 0 saturated heterocycles. The number of nitrogens with zero attached hydrogens (tertiary/aromatic N) is 3. The predicted octanol–water partition coefficient (Wildman–Crippen LogP) is 3.90. The Hall–Kier alpha value is -3.19. The zero-order chi connectivity index (χ0) is 18.5. The lowest BCUT2D eigenvalue weighted by molar-refractivity contribution is 0.302. The van der Waals surface area contributed by atoms with Gasteiger partial charge in [-0.25, -0.2) is 15.0 Å². The van der Waals surface area contributed by atoms with E-state index in [0.29, 0.717) is 12.3 Å². The number of rotatable bonds is 7. The predicted molar refractivity (Wildman–Crippen MR) is 109 cm³/mol. The van der Waals surface area contributed by atoms with Crippen molar-refractivity contribution in [3.8, 4) is 5.75 Å². The highest BCUT2D eigenvalue weighted by Crippen LogP contribution is 2.21. The number of hydrogen-bond donors (Lipinski definition) is 2. The maximum absolute atomic E-state index is 5.88. The number of nitrogens with two attached hydrogens (primary N) is 1. The minimum atomic E-state index is 0.494. The minimum Gasteiger partial charge on any atom is -0.487 e. The number of aromatic nitrogens is 3. The van der Waals surface area contributed by atoms with Crippen LogP contribution >= 0.6 is 11.3 Å². The molecule has 0 unspecified atom stereocenters. The monoisotopic (exact) mass is 377 g/mol. The van der Waals surface area contributed by atoms with Crippen LogP contribution < -0.4 is 15.8 Å². The lowest BCUT2D eigenvalue weighted by Gasteiger charge is -2.09. The Morgan fingerprint density at radius 1 is 1.04 bits per heavy atom. The summed E-state index contributed by atoms with van der Waals surface area (Å²) in [5.74, 6) is 1.65. The Balaban J connectivity index is 1.33. The van der Waals surface area contributed by atoms with Gasteiger partial charge in [-0.15, -0.1) is 11.3 Å². The van der Waals surface area contributed by atoms with Crippen molar-refractivity contribution in [2.24, 2.45) is 0 Å². The molecule has 27 heavy (non-hydrogen) atoms. The second kappa shape index (κ2) is 8.01. The van der Waals surface area contributed by atoms with Gasteiger partial charge in [-0.2, -0.15) is 0 Å². The summed E-state index contributed by atoms with van der Waals surface area (Å²) in [7, 11) is 0. The van der Waals surface area contributed by atoms with Crippen LogP contribution in [-0.2, 0) is 13.0 Å². The van der Waals surface area contributed by atoms with Gasteiger partial charge >= 0.3 is 0 Å². The van der Waals surface area contributed by atoms with E-state index >= 15 is 0 Å². The summed E-state index contributed by atoms with van der Waals surface area (Å²) < 4.78 is 5.74. The van der Waals surface area contributed by atoms with Gasteiger partial charge in [0.05, 0.1) is 16.7 Å². The summed E-state index contributed by atoms with van der Waals surface area (Å²) >= 11 is 1.57. The number of ether oxygens (including phenoxy) is 1. The molecule has 4 rings (SSSR count). The number of nitrogen functional groups attached to an aromatic ring is 1. The number of thiazole rings is 1. The lowest BCUT2D eigenvalue weighted by atomic mass is 10.1. The average molecular weight is 377 g/mol. The van der Waals surface area contributed by atoms with Gasteiger partial charge in [0, 0.05) is 23.0 Å². The van der Waals surface area contributed by atoms with E-state index < -0.39 is 0 Å². The van der Waals surface area contributed by atoms with Gasteiger partial charge in [0.1, 0.15) is 24.5 Å². The Labute approximate surface area is 161 Å². The highest BCUT2D eigenvalue weighted by atomic mass is 32.1. The van der Waals surface area contributed by atoms with Crippen LogP contribution in [0.1, 0.15) is 11.3 Å². The first kappa shape index (κ1) is 17.2. The van der Waals surface area contributed by atoms with Crippen molar-refractivity contribution in [1.82, 2.24) is 15.0 Å². The van der Waals surface area contributed by atoms with Crippen LogP contribution in [0.3, 0.4) is 0 Å². The summed E-state index contributed by atoms with van der Waals surface area (Å²) in [6.07, 6.45) is 2.44. The van der Waals surface area contributed by atoms with E-state index in [1.807, 2.05) is 41.2 Å². The Morgan fingerprint density at radius 2 is 1.93 bits per heavy atom. The van der Waals surface area contributed by atoms with E-state index in [0.717, 1.165) is 41.1 Å². The summed E-state index contributed by atoms with van der Waals surface area (Å²) in [5.41, 5.74) is 11.4. The van der Waals surface area contributed by atoms with Gasteiger partial charge in [-0.1, -0.05) is 12.1 Å². The third-order valence-corrected chi connectivity index (χ3v) is 4.79. The third-order valence-electron chi connectivity index (χ3n) is 4.16. The first-order chi connectivity index (χ1) is 13.3. The van der Waals surface area contributed by atoms with Crippen LogP contribution in [0.4, 0.5) is 11.5 Å². The number of anilines is 2. The molecule has 0 fully saturated rings. The fourth-order valence-electron chi connectivity index (χ4n) is 2.76. The van der Waals surface area contributed by atoms with E-state index in [9.17, 15) is 0 Å². The number of hydrogen-bond acceptors (Lipinski definition) is 7. The van der Waals surface area contributed by atoms with E-state index in [2.05, 4.69) is 32.4 Å². The van der Waals surface area contributed by atoms with Crippen LogP contribution in [0.5, 0.6) is 5.75 Å². The quantitative estimate of drug-likeness (QED) is 0.475. The second-order valence-corrected chi connectivity index (χ2v) is 6.81. The van der Waals surface area contributed by atoms with E-state index in [1.54, 1.807) is 17.7 Å². The maximum Gasteiger partial charge on any atom is 0.137 e. The molecule has 2 aromatic carbocycles. The molecule has 4 aromatic rings. The van der Waals surface area contributed by atoms with Crippen LogP contribution in [0.2, 0.25) is 0 Å². The highest BCUT2D eigenvalue weighted by molar-refractivity contribution is 7.07. The molecule has 0 aliphatic carbocycles. The van der Waals surface area contributed by atoms with Crippen molar-refractivity contribution in [1.29, 1.82) is 0 Å². The van der Waals surface area contributed by atoms with Crippen molar-refractivity contribution in [2.45, 2.75) is 13.0 Å². The van der Waals surface area contributed by atoms with Crippen molar-refractivity contribution >= 4 is 33.7 Å². The Kier molecular flexibility index (Phi) is 5.11. The molecule has 2 aromatic heterocycles. The van der Waals surface area contributed by atoms with Crippen molar-refractivity contribution in [2.75, 3.05) is 17.6 Å². The van der Waals surface area contributed by atoms with Crippen LogP contribution in [0.25, 0.3) is 10.9 Å². The van der Waals surface area contributed by atoms with Crippen molar-refractivity contribution in [3.05, 3.63) is 70.9 Å². The summed E-state index contributed by atoms with van der Waals surface area (Å²) in [6, 6.07) is 13.8. The summed E-state index contributed by atoms with van der Waals surface area (Å²) in [4.78, 5) is 12.8. The molecule has 0 radical (unpaired) electrons. The molecule has 3 N–H and O–H groups in total. The Morgan fingerprint density at radius 3 is 2.74 bits per heavy atom. The summed E-state index contributed by atoms with van der Waals surface area (Å²) in [5, 5.41) is 6.30. The number of fused-ring (bicyclic) bond motifs is 1. The molecule has 0 aliphatic rings.